The molecular weight excluding hydrogens is 474 g/mol. The van der Waals surface area contributed by atoms with Gasteiger partial charge >= 0.3 is 6.09 Å². The summed E-state index contributed by atoms with van der Waals surface area (Å²) < 4.78 is 10.5. The van der Waals surface area contributed by atoms with Gasteiger partial charge in [0.2, 0.25) is 5.95 Å². The molecule has 37 heavy (non-hydrogen) atoms. The van der Waals surface area contributed by atoms with E-state index in [1.54, 1.807) is 12.3 Å². The lowest BCUT2D eigenvalue weighted by Crippen LogP contribution is -2.38. The second-order valence-electron chi connectivity index (χ2n) is 10.3. The Kier molecular flexibility index (Phi) is 8.51. The molecule has 0 aliphatic rings. The largest absolute Gasteiger partial charge is 0.478 e. The van der Waals surface area contributed by atoms with Gasteiger partial charge in [-0.2, -0.15) is 0 Å². The number of carbonyl (C=O) groups excluding carboxylic acids is 1. The highest BCUT2D eigenvalue weighted by molar-refractivity contribution is 5.77. The predicted octanol–water partition coefficient (Wildman–Crippen LogP) is 3.70. The zero-order valence-corrected chi connectivity index (χ0v) is 22.8. The van der Waals surface area contributed by atoms with E-state index in [1.165, 1.54) is 7.11 Å². The maximum Gasteiger partial charge on any atom is 0.407 e. The monoisotopic (exact) mass is 511 g/mol. The molecule has 200 valence electrons. The van der Waals surface area contributed by atoms with Gasteiger partial charge in [-0.1, -0.05) is 34.6 Å². The Hall–Kier alpha value is -3.96. The van der Waals surface area contributed by atoms with Gasteiger partial charge in [0.25, 0.3) is 5.88 Å². The second-order valence-corrected chi connectivity index (χ2v) is 10.3. The first-order chi connectivity index (χ1) is 17.4. The van der Waals surface area contributed by atoms with Gasteiger partial charge in [-0.3, -0.25) is 0 Å². The predicted molar refractivity (Wildman–Crippen MR) is 142 cm³/mol. The molecule has 3 aromatic rings. The summed E-state index contributed by atoms with van der Waals surface area (Å²) in [4.78, 5) is 38.2. The summed E-state index contributed by atoms with van der Waals surface area (Å²) >= 11 is 0. The van der Waals surface area contributed by atoms with Crippen LogP contribution in [0.2, 0.25) is 0 Å². The van der Waals surface area contributed by atoms with E-state index in [1.807, 2.05) is 27.7 Å². The summed E-state index contributed by atoms with van der Waals surface area (Å²) in [6.45, 7) is 14.6. The Bertz CT molecular complexity index is 1230. The Morgan fingerprint density at radius 1 is 1.14 bits per heavy atom. The quantitative estimate of drug-likeness (QED) is 0.333. The Morgan fingerprint density at radius 3 is 2.51 bits per heavy atom. The molecule has 0 aliphatic carbocycles. The highest BCUT2D eigenvalue weighted by Gasteiger charge is 2.26. The van der Waals surface area contributed by atoms with Crippen molar-refractivity contribution in [3.8, 4) is 28.7 Å². The lowest BCUT2D eigenvalue weighted by atomic mass is 9.96. The van der Waals surface area contributed by atoms with Crippen LogP contribution in [-0.2, 0) is 10.2 Å². The van der Waals surface area contributed by atoms with Gasteiger partial charge in [0.15, 0.2) is 5.82 Å². The van der Waals surface area contributed by atoms with Crippen molar-refractivity contribution in [1.82, 2.24) is 35.2 Å². The fourth-order valence-electron chi connectivity index (χ4n) is 3.35. The third-order valence-corrected chi connectivity index (χ3v) is 5.28. The third-order valence-electron chi connectivity index (χ3n) is 5.28. The van der Waals surface area contributed by atoms with E-state index >= 15 is 0 Å². The number of alkyl carbamates (subject to hydrolysis) is 1. The molecule has 3 aromatic heterocycles. The van der Waals surface area contributed by atoms with E-state index < -0.39 is 6.09 Å². The van der Waals surface area contributed by atoms with Crippen molar-refractivity contribution >= 4 is 17.9 Å². The number of H-pyrrole nitrogens is 1. The van der Waals surface area contributed by atoms with E-state index in [0.29, 0.717) is 47.6 Å². The van der Waals surface area contributed by atoms with E-state index in [0.717, 1.165) is 5.82 Å². The normalized spacial score (nSPS) is 12.4. The molecule has 0 bridgehead atoms. The molecule has 0 saturated carbocycles. The molecule has 3 rings (SSSR count). The Balaban J connectivity index is 1.89. The number of hydrogen-bond donors (Lipinski definition) is 4. The summed E-state index contributed by atoms with van der Waals surface area (Å²) in [5.74, 6) is 1.87. The number of aromatic nitrogens is 6. The van der Waals surface area contributed by atoms with Crippen LogP contribution in [0.1, 0.15) is 53.1 Å². The molecule has 3 heterocycles. The molecule has 0 saturated heterocycles. The third kappa shape index (κ3) is 7.05. The van der Waals surface area contributed by atoms with E-state index in [4.69, 9.17) is 20.2 Å². The molecule has 0 aromatic carbocycles. The molecule has 0 radical (unpaired) electrons. The average molecular weight is 512 g/mol. The van der Waals surface area contributed by atoms with E-state index in [9.17, 15) is 4.79 Å². The zero-order chi connectivity index (χ0) is 27.3. The highest BCUT2D eigenvalue weighted by atomic mass is 16.5. The van der Waals surface area contributed by atoms with Crippen molar-refractivity contribution in [3.63, 3.8) is 0 Å². The number of nitrogen functional groups attached to an aromatic ring is 1. The number of hydrogen-bond acceptors (Lipinski definition) is 10. The van der Waals surface area contributed by atoms with Crippen molar-refractivity contribution in [3.05, 3.63) is 23.8 Å². The summed E-state index contributed by atoms with van der Waals surface area (Å²) in [5.41, 5.74) is 8.73. The molecule has 1 amide bonds. The minimum atomic E-state index is -0.455. The molecular formula is C25H37N9O3. The summed E-state index contributed by atoms with van der Waals surface area (Å²) in [5, 5.41) is 5.95. The molecule has 12 heteroatoms. The topological polar surface area (TPSA) is 166 Å². The SMILES string of the molecule is COc1nc(-c2[nH]c(C(C)(C)C)nc2-c2ccnc(NCC(C)NC(=O)OCC(C)C)n2)c(C)nc1N. The number of carbonyl (C=O) groups is 1. The highest BCUT2D eigenvalue weighted by Crippen LogP contribution is 2.34. The average Bonchev–Trinajstić information content (AvgIpc) is 3.28. The number of aromatic amines is 1. The minimum Gasteiger partial charge on any atom is -0.478 e. The van der Waals surface area contributed by atoms with Crippen LogP contribution in [0.15, 0.2) is 12.3 Å². The Morgan fingerprint density at radius 2 is 1.86 bits per heavy atom. The van der Waals surface area contributed by atoms with Crippen LogP contribution in [0.4, 0.5) is 16.6 Å². The fraction of sp³-hybridized carbons (Fsp3) is 0.520. The number of nitrogens with two attached hydrogens (primary N) is 1. The van der Waals surface area contributed by atoms with Crippen LogP contribution >= 0.6 is 0 Å². The maximum absolute atomic E-state index is 11.9. The number of nitrogens with zero attached hydrogens (tertiary/aromatic N) is 5. The molecule has 5 N–H and O–H groups in total. The zero-order valence-electron chi connectivity index (χ0n) is 22.8. The van der Waals surface area contributed by atoms with Crippen LogP contribution in [0.25, 0.3) is 22.8 Å². The maximum atomic E-state index is 11.9. The number of nitrogens with one attached hydrogen (secondary N) is 3. The number of amides is 1. The van der Waals surface area contributed by atoms with Crippen LogP contribution in [0.5, 0.6) is 5.88 Å². The molecule has 0 aliphatic heterocycles. The van der Waals surface area contributed by atoms with E-state index in [2.05, 4.69) is 56.3 Å². The number of imidazole rings is 1. The smallest absolute Gasteiger partial charge is 0.407 e. The van der Waals surface area contributed by atoms with Crippen molar-refractivity contribution in [2.75, 3.05) is 31.3 Å². The first kappa shape index (κ1) is 27.6. The van der Waals surface area contributed by atoms with Gasteiger partial charge in [0.05, 0.1) is 30.8 Å². The lowest BCUT2D eigenvalue weighted by molar-refractivity contribution is 0.130. The van der Waals surface area contributed by atoms with Crippen LogP contribution in [0.3, 0.4) is 0 Å². The van der Waals surface area contributed by atoms with Crippen molar-refractivity contribution in [2.45, 2.75) is 59.9 Å². The standard InChI is InChI=1S/C25H37N9O3/c1-13(2)12-37-24(35)29-14(3)11-28-23-27-10-9-16(31-23)18-19(34-22(33-18)25(5,6)7)17-15(4)30-20(26)21(32-17)36-8/h9-10,13-14H,11-12H2,1-8H3,(H2,26,30)(H,29,35)(H,33,34)(H,27,28,31). The van der Waals surface area contributed by atoms with Crippen molar-refractivity contribution in [1.29, 1.82) is 0 Å². The number of anilines is 2. The lowest BCUT2D eigenvalue weighted by Gasteiger charge is -2.15. The van der Waals surface area contributed by atoms with Gasteiger partial charge in [0.1, 0.15) is 17.2 Å². The van der Waals surface area contributed by atoms with Gasteiger partial charge in [-0.05, 0) is 25.8 Å². The number of aryl methyl sites for hydroxylation is 1. The van der Waals surface area contributed by atoms with Gasteiger partial charge in [-0.25, -0.2) is 29.7 Å². The summed E-state index contributed by atoms with van der Waals surface area (Å²) in [7, 11) is 1.50. The first-order valence-electron chi connectivity index (χ1n) is 12.2. The van der Waals surface area contributed by atoms with E-state index in [-0.39, 0.29) is 29.1 Å². The molecule has 0 spiro atoms. The van der Waals surface area contributed by atoms with Crippen molar-refractivity contribution < 1.29 is 14.3 Å². The van der Waals surface area contributed by atoms with Gasteiger partial charge in [0, 0.05) is 24.2 Å². The number of ether oxygens (including phenoxy) is 2. The molecule has 1 atom stereocenters. The minimum absolute atomic E-state index is 0.208. The van der Waals surface area contributed by atoms with Crippen molar-refractivity contribution in [2.24, 2.45) is 5.92 Å². The number of rotatable bonds is 9. The molecule has 0 fully saturated rings. The van der Waals surface area contributed by atoms with Crippen LogP contribution in [0, 0.1) is 12.8 Å². The first-order valence-corrected chi connectivity index (χ1v) is 12.2. The summed E-state index contributed by atoms with van der Waals surface area (Å²) in [6, 6.07) is 1.57. The number of methoxy groups -OCH3 is 1. The van der Waals surface area contributed by atoms with Gasteiger partial charge in [-0.15, -0.1) is 0 Å². The molecule has 12 nitrogen and oxygen atoms in total. The van der Waals surface area contributed by atoms with Crippen LogP contribution < -0.4 is 21.1 Å². The van der Waals surface area contributed by atoms with Crippen LogP contribution in [-0.4, -0.2) is 62.3 Å². The second kappa shape index (κ2) is 11.4. The summed E-state index contributed by atoms with van der Waals surface area (Å²) in [6.07, 6.45) is 1.20. The Labute approximate surface area is 217 Å². The van der Waals surface area contributed by atoms with Gasteiger partial charge < -0.3 is 30.8 Å². The molecule has 1 unspecified atom stereocenters. The fourth-order valence-corrected chi connectivity index (χ4v) is 3.35.